The lowest BCUT2D eigenvalue weighted by atomic mass is 10.1. The largest absolute Gasteiger partial charge is 0.448 e. The number of aliphatic hydroxyl groups excluding tert-OH is 1. The van der Waals surface area contributed by atoms with E-state index in [9.17, 15) is 5.11 Å². The molecule has 6 nitrogen and oxygen atoms in total. The lowest BCUT2D eigenvalue weighted by molar-refractivity contribution is 0.270. The van der Waals surface area contributed by atoms with Gasteiger partial charge in [0, 0.05) is 16.5 Å². The van der Waals surface area contributed by atoms with Gasteiger partial charge >= 0.3 is 0 Å². The van der Waals surface area contributed by atoms with Crippen LogP contribution >= 0.6 is 23.2 Å². The van der Waals surface area contributed by atoms with E-state index in [2.05, 4.69) is 15.1 Å². The first-order valence-corrected chi connectivity index (χ1v) is 7.73. The van der Waals surface area contributed by atoms with Crippen LogP contribution in [0, 0.1) is 6.92 Å². The molecule has 0 aliphatic carbocycles. The fraction of sp³-hybridized carbons (Fsp3) is 0.267. The summed E-state index contributed by atoms with van der Waals surface area (Å²) in [5, 5.41) is 14.8. The quantitative estimate of drug-likeness (QED) is 0.763. The van der Waals surface area contributed by atoms with Gasteiger partial charge in [0.05, 0.1) is 13.2 Å². The third kappa shape index (κ3) is 3.24. The molecule has 23 heavy (non-hydrogen) atoms. The van der Waals surface area contributed by atoms with Crippen molar-refractivity contribution >= 4 is 23.2 Å². The van der Waals surface area contributed by atoms with Crippen LogP contribution in [0.4, 0.5) is 0 Å². The molecular formula is C15H14Cl2N4O2. The van der Waals surface area contributed by atoms with Crippen molar-refractivity contribution in [1.82, 2.24) is 19.7 Å². The van der Waals surface area contributed by atoms with E-state index in [0.717, 1.165) is 5.56 Å². The summed E-state index contributed by atoms with van der Waals surface area (Å²) in [7, 11) is 0. The lowest BCUT2D eigenvalue weighted by Crippen LogP contribution is -2.07. The Hall–Kier alpha value is -1.89. The number of hydrogen-bond acceptors (Lipinski definition) is 5. The normalized spacial score (nSPS) is 11.1. The summed E-state index contributed by atoms with van der Waals surface area (Å²) < 4.78 is 6.82. The first-order chi connectivity index (χ1) is 11.1. The highest BCUT2D eigenvalue weighted by molar-refractivity contribution is 6.36. The van der Waals surface area contributed by atoms with Crippen molar-refractivity contribution in [3.63, 3.8) is 0 Å². The molecule has 0 aliphatic heterocycles. The van der Waals surface area contributed by atoms with Crippen LogP contribution in [0.15, 0.2) is 29.0 Å². The minimum absolute atomic E-state index is 0.0560. The van der Waals surface area contributed by atoms with Crippen LogP contribution in [0.25, 0.3) is 11.5 Å². The molecule has 2 aromatic heterocycles. The minimum atomic E-state index is -0.0560. The van der Waals surface area contributed by atoms with Crippen LogP contribution in [0.5, 0.6) is 0 Å². The molecule has 0 amide bonds. The summed E-state index contributed by atoms with van der Waals surface area (Å²) in [6, 6.07) is 5.34. The summed E-state index contributed by atoms with van der Waals surface area (Å²) in [6.07, 6.45) is 1.74. The van der Waals surface area contributed by atoms with Gasteiger partial charge in [0.2, 0.25) is 0 Å². The number of aromatic nitrogens is 4. The molecule has 0 bridgehead atoms. The second-order valence-corrected chi connectivity index (χ2v) is 5.75. The standard InChI is InChI=1S/C15H14Cl2N4O2/c1-9-14(18-8-23-9)15-19-13(20-21(15)5-6-22)7-10-11(16)3-2-4-12(10)17/h2-4,8,22H,5-7H2,1H3. The number of hydrogen-bond donors (Lipinski definition) is 1. The van der Waals surface area contributed by atoms with E-state index < -0.39 is 0 Å². The van der Waals surface area contributed by atoms with E-state index in [1.807, 2.05) is 0 Å². The third-order valence-corrected chi connectivity index (χ3v) is 4.09. The van der Waals surface area contributed by atoms with E-state index in [-0.39, 0.29) is 6.61 Å². The minimum Gasteiger partial charge on any atom is -0.448 e. The van der Waals surface area contributed by atoms with Gasteiger partial charge in [-0.1, -0.05) is 29.3 Å². The van der Waals surface area contributed by atoms with Crippen molar-refractivity contribution in [3.05, 3.63) is 51.8 Å². The number of aliphatic hydroxyl groups is 1. The zero-order chi connectivity index (χ0) is 16.4. The predicted molar refractivity (Wildman–Crippen MR) is 86.6 cm³/mol. The first-order valence-electron chi connectivity index (χ1n) is 6.98. The molecule has 0 saturated heterocycles. The van der Waals surface area contributed by atoms with Crippen LogP contribution in [0.3, 0.4) is 0 Å². The molecule has 1 N–H and O–H groups in total. The number of oxazole rings is 1. The van der Waals surface area contributed by atoms with Gasteiger partial charge < -0.3 is 9.52 Å². The fourth-order valence-corrected chi connectivity index (χ4v) is 2.80. The molecule has 0 saturated carbocycles. The molecule has 0 radical (unpaired) electrons. The van der Waals surface area contributed by atoms with Crippen molar-refractivity contribution < 1.29 is 9.52 Å². The van der Waals surface area contributed by atoms with E-state index in [1.54, 1.807) is 29.8 Å². The van der Waals surface area contributed by atoms with E-state index in [0.29, 0.717) is 46.1 Å². The molecule has 0 fully saturated rings. The van der Waals surface area contributed by atoms with Crippen LogP contribution in [0.1, 0.15) is 17.1 Å². The summed E-state index contributed by atoms with van der Waals surface area (Å²) in [5.74, 6) is 1.73. The van der Waals surface area contributed by atoms with Gasteiger partial charge in [0.15, 0.2) is 18.0 Å². The zero-order valence-corrected chi connectivity index (χ0v) is 13.8. The fourth-order valence-electron chi connectivity index (χ4n) is 2.27. The Morgan fingerprint density at radius 3 is 2.61 bits per heavy atom. The molecular weight excluding hydrogens is 339 g/mol. The number of rotatable bonds is 5. The molecule has 8 heteroatoms. The molecule has 0 unspecified atom stereocenters. The summed E-state index contributed by atoms with van der Waals surface area (Å²) in [4.78, 5) is 8.67. The molecule has 2 heterocycles. The second kappa shape index (κ2) is 6.70. The topological polar surface area (TPSA) is 77.0 Å². The average molecular weight is 353 g/mol. The Labute approximate surface area is 142 Å². The van der Waals surface area contributed by atoms with E-state index in [1.165, 1.54) is 6.39 Å². The lowest BCUT2D eigenvalue weighted by Gasteiger charge is -2.03. The van der Waals surface area contributed by atoms with Crippen molar-refractivity contribution in [3.8, 4) is 11.5 Å². The molecule has 0 atom stereocenters. The first kappa shape index (κ1) is 16.0. The van der Waals surface area contributed by atoms with Gasteiger partial charge in [-0.25, -0.2) is 14.6 Å². The summed E-state index contributed by atoms with van der Waals surface area (Å²) in [6.45, 7) is 2.05. The van der Waals surface area contributed by atoms with Crippen molar-refractivity contribution in [1.29, 1.82) is 0 Å². The maximum atomic E-state index is 9.22. The van der Waals surface area contributed by atoms with Gasteiger partial charge in [0.25, 0.3) is 0 Å². The summed E-state index contributed by atoms with van der Waals surface area (Å²) in [5.41, 5.74) is 1.36. The maximum Gasteiger partial charge on any atom is 0.181 e. The predicted octanol–water partition coefficient (Wildman–Crippen LogP) is 3.13. The number of aryl methyl sites for hydroxylation is 1. The average Bonchev–Trinajstić information content (AvgIpc) is 3.10. The van der Waals surface area contributed by atoms with Crippen LogP contribution < -0.4 is 0 Å². The Morgan fingerprint density at radius 1 is 1.26 bits per heavy atom. The zero-order valence-electron chi connectivity index (χ0n) is 12.3. The molecule has 3 aromatic rings. The van der Waals surface area contributed by atoms with Crippen molar-refractivity contribution in [2.45, 2.75) is 19.9 Å². The summed E-state index contributed by atoms with van der Waals surface area (Å²) >= 11 is 12.4. The van der Waals surface area contributed by atoms with Crippen LogP contribution in [-0.2, 0) is 13.0 Å². The number of halogens is 2. The van der Waals surface area contributed by atoms with Gasteiger partial charge in [-0.05, 0) is 24.6 Å². The second-order valence-electron chi connectivity index (χ2n) is 4.93. The van der Waals surface area contributed by atoms with Crippen molar-refractivity contribution in [2.24, 2.45) is 0 Å². The Bertz CT molecular complexity index is 808. The smallest absolute Gasteiger partial charge is 0.181 e. The molecule has 3 rings (SSSR count). The highest BCUT2D eigenvalue weighted by atomic mass is 35.5. The van der Waals surface area contributed by atoms with E-state index in [4.69, 9.17) is 27.6 Å². The highest BCUT2D eigenvalue weighted by Gasteiger charge is 2.18. The van der Waals surface area contributed by atoms with Gasteiger partial charge in [-0.2, -0.15) is 5.10 Å². The number of benzene rings is 1. The van der Waals surface area contributed by atoms with E-state index >= 15 is 0 Å². The van der Waals surface area contributed by atoms with Gasteiger partial charge in [0.1, 0.15) is 11.5 Å². The van der Waals surface area contributed by atoms with Crippen LogP contribution in [-0.4, -0.2) is 31.5 Å². The highest BCUT2D eigenvalue weighted by Crippen LogP contribution is 2.27. The monoisotopic (exact) mass is 352 g/mol. The van der Waals surface area contributed by atoms with Crippen LogP contribution in [0.2, 0.25) is 10.0 Å². The molecule has 1 aromatic carbocycles. The third-order valence-electron chi connectivity index (χ3n) is 3.38. The SMILES string of the molecule is Cc1ocnc1-c1nc(Cc2c(Cl)cccc2Cl)nn1CCO. The Kier molecular flexibility index (Phi) is 4.66. The Balaban J connectivity index is 2.00. The molecule has 0 aliphatic rings. The van der Waals surface area contributed by atoms with Crippen molar-refractivity contribution in [2.75, 3.05) is 6.61 Å². The molecule has 0 spiro atoms. The molecule has 120 valence electrons. The Morgan fingerprint density at radius 2 is 2.00 bits per heavy atom. The van der Waals surface area contributed by atoms with Gasteiger partial charge in [-0.15, -0.1) is 0 Å². The van der Waals surface area contributed by atoms with Gasteiger partial charge in [-0.3, -0.25) is 0 Å². The maximum absolute atomic E-state index is 9.22. The number of nitrogens with zero attached hydrogens (tertiary/aromatic N) is 4.